The van der Waals surface area contributed by atoms with Crippen LogP contribution in [0.1, 0.15) is 13.3 Å². The molecule has 2 amide bonds. The molecule has 0 fully saturated rings. The second kappa shape index (κ2) is 8.97. The summed E-state index contributed by atoms with van der Waals surface area (Å²) in [4.78, 5) is 24.9. The maximum atomic E-state index is 11.9. The molecule has 0 heterocycles. The van der Waals surface area contributed by atoms with E-state index in [4.69, 9.17) is 9.47 Å². The number of carbonyl (C=O) groups is 2. The first kappa shape index (κ1) is 17.0. The Kier molecular flexibility index (Phi) is 7.25. The Balaban J connectivity index is 2.50. The molecule has 1 aromatic carbocycles. The molecule has 0 unspecified atom stereocenters. The van der Waals surface area contributed by atoms with E-state index in [1.54, 1.807) is 38.5 Å². The number of hydrogen-bond donors (Lipinski definition) is 1. The quantitative estimate of drug-likeness (QED) is 0.738. The van der Waals surface area contributed by atoms with Crippen molar-refractivity contribution >= 4 is 17.5 Å². The molecular weight excluding hydrogens is 272 g/mol. The summed E-state index contributed by atoms with van der Waals surface area (Å²) in [5, 5.41) is 2.75. The number of hydrogen-bond acceptors (Lipinski definition) is 4. The predicted molar refractivity (Wildman–Crippen MR) is 80.4 cm³/mol. The molecule has 0 radical (unpaired) electrons. The summed E-state index contributed by atoms with van der Waals surface area (Å²) < 4.78 is 9.99. The van der Waals surface area contributed by atoms with Gasteiger partial charge in [-0.05, 0) is 30.7 Å². The lowest BCUT2D eigenvalue weighted by atomic mass is 10.3. The largest absolute Gasteiger partial charge is 0.497 e. The van der Waals surface area contributed by atoms with Crippen molar-refractivity contribution in [3.63, 3.8) is 0 Å². The molecule has 0 aliphatic rings. The van der Waals surface area contributed by atoms with Crippen molar-refractivity contribution < 1.29 is 19.1 Å². The Hall–Kier alpha value is -2.08. The fourth-order valence-corrected chi connectivity index (χ4v) is 1.80. The van der Waals surface area contributed by atoms with Gasteiger partial charge in [-0.3, -0.25) is 9.59 Å². The molecule has 0 aromatic heterocycles. The van der Waals surface area contributed by atoms with Crippen LogP contribution in [0.3, 0.4) is 0 Å². The molecule has 0 aliphatic heterocycles. The molecule has 1 aromatic rings. The Morgan fingerprint density at radius 1 is 1.19 bits per heavy atom. The van der Waals surface area contributed by atoms with Gasteiger partial charge in [-0.1, -0.05) is 0 Å². The third-order valence-corrected chi connectivity index (χ3v) is 2.93. The zero-order valence-corrected chi connectivity index (χ0v) is 12.7. The highest BCUT2D eigenvalue weighted by Crippen LogP contribution is 2.14. The van der Waals surface area contributed by atoms with Crippen molar-refractivity contribution in [1.82, 2.24) is 4.90 Å². The Morgan fingerprint density at radius 2 is 1.86 bits per heavy atom. The number of amides is 2. The Labute approximate surface area is 125 Å². The summed E-state index contributed by atoms with van der Waals surface area (Å²) in [6.07, 6.45) is 0.700. The average Bonchev–Trinajstić information content (AvgIpc) is 2.47. The number of ether oxygens (including phenoxy) is 2. The maximum absolute atomic E-state index is 11.9. The van der Waals surface area contributed by atoms with Gasteiger partial charge in [0.15, 0.2) is 0 Å². The van der Waals surface area contributed by atoms with Crippen LogP contribution < -0.4 is 10.1 Å². The van der Waals surface area contributed by atoms with Crippen LogP contribution in [-0.4, -0.2) is 50.6 Å². The normalized spacial score (nSPS) is 10.0. The van der Waals surface area contributed by atoms with E-state index in [1.807, 2.05) is 0 Å². The van der Waals surface area contributed by atoms with E-state index < -0.39 is 0 Å². The van der Waals surface area contributed by atoms with Crippen molar-refractivity contribution in [2.75, 3.05) is 39.2 Å². The van der Waals surface area contributed by atoms with Gasteiger partial charge in [0, 0.05) is 32.9 Å². The Morgan fingerprint density at radius 3 is 2.38 bits per heavy atom. The smallest absolute Gasteiger partial charge is 0.243 e. The predicted octanol–water partition coefficient (Wildman–Crippen LogP) is 1.52. The van der Waals surface area contributed by atoms with Crippen LogP contribution in [0.2, 0.25) is 0 Å². The number of methoxy groups -OCH3 is 2. The van der Waals surface area contributed by atoms with Crippen molar-refractivity contribution in [3.8, 4) is 5.75 Å². The lowest BCUT2D eigenvalue weighted by Crippen LogP contribution is -2.37. The van der Waals surface area contributed by atoms with Gasteiger partial charge >= 0.3 is 0 Å². The first-order chi connectivity index (χ1) is 10.1. The van der Waals surface area contributed by atoms with Gasteiger partial charge in [-0.15, -0.1) is 0 Å². The van der Waals surface area contributed by atoms with E-state index in [-0.39, 0.29) is 18.4 Å². The molecule has 6 heteroatoms. The number of rotatable bonds is 8. The summed E-state index contributed by atoms with van der Waals surface area (Å²) in [6, 6.07) is 7.02. The average molecular weight is 294 g/mol. The van der Waals surface area contributed by atoms with E-state index in [0.717, 1.165) is 5.75 Å². The van der Waals surface area contributed by atoms with Crippen LogP contribution in [0.5, 0.6) is 5.75 Å². The van der Waals surface area contributed by atoms with Gasteiger partial charge in [0.05, 0.1) is 13.7 Å². The number of nitrogens with one attached hydrogen (secondary N) is 1. The molecule has 0 saturated carbocycles. The van der Waals surface area contributed by atoms with Crippen LogP contribution in [0.4, 0.5) is 5.69 Å². The molecule has 0 atom stereocenters. The highest BCUT2D eigenvalue weighted by Gasteiger charge is 2.13. The van der Waals surface area contributed by atoms with Gasteiger partial charge in [0.1, 0.15) is 5.75 Å². The van der Waals surface area contributed by atoms with E-state index in [9.17, 15) is 9.59 Å². The molecule has 0 spiro atoms. The Bertz CT molecular complexity index is 459. The molecule has 0 saturated heterocycles. The molecule has 116 valence electrons. The van der Waals surface area contributed by atoms with Crippen LogP contribution in [0, 0.1) is 0 Å². The minimum Gasteiger partial charge on any atom is -0.497 e. The van der Waals surface area contributed by atoms with Gasteiger partial charge in [-0.25, -0.2) is 0 Å². The van der Waals surface area contributed by atoms with Crippen LogP contribution in [0.15, 0.2) is 24.3 Å². The summed E-state index contributed by atoms with van der Waals surface area (Å²) in [5.41, 5.74) is 0.668. The monoisotopic (exact) mass is 294 g/mol. The second-order valence-corrected chi connectivity index (χ2v) is 4.56. The maximum Gasteiger partial charge on any atom is 0.243 e. The van der Waals surface area contributed by atoms with E-state index in [2.05, 4.69) is 5.32 Å². The lowest BCUT2D eigenvalue weighted by molar-refractivity contribution is -0.132. The molecule has 21 heavy (non-hydrogen) atoms. The minimum absolute atomic E-state index is 0.0328. The zero-order chi connectivity index (χ0) is 15.7. The number of anilines is 1. The number of benzene rings is 1. The highest BCUT2D eigenvalue weighted by molar-refractivity contribution is 5.94. The summed E-state index contributed by atoms with van der Waals surface area (Å²) in [7, 11) is 3.19. The molecule has 0 aliphatic carbocycles. The minimum atomic E-state index is -0.229. The van der Waals surface area contributed by atoms with Gasteiger partial charge < -0.3 is 19.7 Å². The van der Waals surface area contributed by atoms with Crippen molar-refractivity contribution in [2.45, 2.75) is 13.3 Å². The van der Waals surface area contributed by atoms with Gasteiger partial charge in [-0.2, -0.15) is 0 Å². The third-order valence-electron chi connectivity index (χ3n) is 2.93. The van der Waals surface area contributed by atoms with Crippen molar-refractivity contribution in [3.05, 3.63) is 24.3 Å². The van der Waals surface area contributed by atoms with Crippen LogP contribution in [-0.2, 0) is 14.3 Å². The van der Waals surface area contributed by atoms with Gasteiger partial charge in [0.25, 0.3) is 0 Å². The molecule has 1 N–H and O–H groups in total. The summed E-state index contributed by atoms with van der Waals surface area (Å²) in [6.45, 7) is 2.54. The molecule has 0 bridgehead atoms. The SMILES string of the molecule is COCCCN(CC(=O)Nc1ccc(OC)cc1)C(C)=O. The highest BCUT2D eigenvalue weighted by atomic mass is 16.5. The lowest BCUT2D eigenvalue weighted by Gasteiger charge is -2.20. The molecule has 1 rings (SSSR count). The van der Waals surface area contributed by atoms with Crippen molar-refractivity contribution in [1.29, 1.82) is 0 Å². The topological polar surface area (TPSA) is 67.9 Å². The van der Waals surface area contributed by atoms with Crippen molar-refractivity contribution in [2.24, 2.45) is 0 Å². The van der Waals surface area contributed by atoms with E-state index in [1.165, 1.54) is 11.8 Å². The number of carbonyl (C=O) groups excluding carboxylic acids is 2. The standard InChI is InChI=1S/C15H22N2O4/c1-12(18)17(9-4-10-20-2)11-15(19)16-13-5-7-14(21-3)8-6-13/h5-8H,4,9-11H2,1-3H3,(H,16,19). The fourth-order valence-electron chi connectivity index (χ4n) is 1.80. The first-order valence-corrected chi connectivity index (χ1v) is 6.75. The summed E-state index contributed by atoms with van der Waals surface area (Å²) in [5.74, 6) is 0.363. The van der Waals surface area contributed by atoms with Crippen LogP contribution in [0.25, 0.3) is 0 Å². The van der Waals surface area contributed by atoms with Crippen LogP contribution >= 0.6 is 0 Å². The van der Waals surface area contributed by atoms with E-state index in [0.29, 0.717) is 25.3 Å². The fraction of sp³-hybridized carbons (Fsp3) is 0.467. The summed E-state index contributed by atoms with van der Waals surface area (Å²) >= 11 is 0. The van der Waals surface area contributed by atoms with E-state index >= 15 is 0 Å². The molecular formula is C15H22N2O4. The second-order valence-electron chi connectivity index (χ2n) is 4.56. The first-order valence-electron chi connectivity index (χ1n) is 6.75. The zero-order valence-electron chi connectivity index (χ0n) is 12.7. The molecule has 6 nitrogen and oxygen atoms in total. The third kappa shape index (κ3) is 6.27. The van der Waals surface area contributed by atoms with Gasteiger partial charge in [0.2, 0.25) is 11.8 Å². The number of nitrogens with zero attached hydrogens (tertiary/aromatic N) is 1.